The van der Waals surface area contributed by atoms with Crippen molar-refractivity contribution in [2.45, 2.75) is 13.8 Å². The zero-order valence-electron chi connectivity index (χ0n) is 17.1. The molecule has 1 aliphatic heterocycles. The van der Waals surface area contributed by atoms with E-state index < -0.39 is 0 Å². The van der Waals surface area contributed by atoms with Crippen molar-refractivity contribution in [1.82, 2.24) is 9.47 Å². The fourth-order valence-electron chi connectivity index (χ4n) is 3.93. The molecule has 0 atom stereocenters. The van der Waals surface area contributed by atoms with Gasteiger partial charge < -0.3 is 14.4 Å². The second-order valence-electron chi connectivity index (χ2n) is 7.58. The van der Waals surface area contributed by atoms with Gasteiger partial charge in [-0.2, -0.15) is 5.26 Å². The molecular formula is C24H23FN4O. The minimum Gasteiger partial charge on any atom is -0.366 e. The Morgan fingerprint density at radius 3 is 2.43 bits per heavy atom. The maximum absolute atomic E-state index is 14.1. The fourth-order valence-corrected chi connectivity index (χ4v) is 3.93. The van der Waals surface area contributed by atoms with Gasteiger partial charge in [-0.3, -0.25) is 4.79 Å². The second kappa shape index (κ2) is 8.03. The van der Waals surface area contributed by atoms with Crippen molar-refractivity contribution in [2.24, 2.45) is 0 Å². The van der Waals surface area contributed by atoms with Gasteiger partial charge in [-0.15, -0.1) is 0 Å². The van der Waals surface area contributed by atoms with Gasteiger partial charge in [0.05, 0.1) is 11.3 Å². The lowest BCUT2D eigenvalue weighted by Crippen LogP contribution is -2.49. The highest BCUT2D eigenvalue weighted by Gasteiger charge is 2.28. The summed E-state index contributed by atoms with van der Waals surface area (Å²) in [4.78, 5) is 17.1. The third-order valence-corrected chi connectivity index (χ3v) is 5.59. The van der Waals surface area contributed by atoms with Gasteiger partial charge in [0.15, 0.2) is 0 Å². The number of halogens is 1. The normalized spacial score (nSPS) is 13.9. The molecule has 0 saturated carbocycles. The summed E-state index contributed by atoms with van der Waals surface area (Å²) >= 11 is 0. The molecule has 0 spiro atoms. The molecule has 0 aliphatic carbocycles. The first-order valence-electron chi connectivity index (χ1n) is 9.97. The summed E-state index contributed by atoms with van der Waals surface area (Å²) in [5.74, 6) is -0.432. The van der Waals surface area contributed by atoms with Crippen molar-refractivity contribution in [1.29, 1.82) is 5.26 Å². The van der Waals surface area contributed by atoms with Crippen LogP contribution in [0.1, 0.15) is 27.2 Å². The minimum atomic E-state index is -0.257. The average Bonchev–Trinajstić information content (AvgIpc) is 3.19. The number of nitrogens with zero attached hydrogens (tertiary/aromatic N) is 4. The van der Waals surface area contributed by atoms with Crippen LogP contribution >= 0.6 is 0 Å². The predicted molar refractivity (Wildman–Crippen MR) is 114 cm³/mol. The molecular weight excluding hydrogens is 379 g/mol. The first kappa shape index (κ1) is 19.7. The van der Waals surface area contributed by atoms with Crippen LogP contribution in [0.5, 0.6) is 0 Å². The van der Waals surface area contributed by atoms with Crippen LogP contribution < -0.4 is 4.90 Å². The van der Waals surface area contributed by atoms with Gasteiger partial charge in [0.25, 0.3) is 5.91 Å². The quantitative estimate of drug-likeness (QED) is 0.664. The molecule has 0 bridgehead atoms. The monoisotopic (exact) mass is 402 g/mol. The molecule has 0 radical (unpaired) electrons. The van der Waals surface area contributed by atoms with Gasteiger partial charge in [-0.05, 0) is 49.2 Å². The summed E-state index contributed by atoms with van der Waals surface area (Å²) in [7, 11) is 0. The molecule has 5 nitrogen and oxygen atoms in total. The summed E-state index contributed by atoms with van der Waals surface area (Å²) in [6.45, 7) is 6.01. The van der Waals surface area contributed by atoms with Crippen molar-refractivity contribution >= 4 is 11.6 Å². The molecule has 152 valence electrons. The molecule has 1 aliphatic rings. The molecule has 3 aromatic rings. The van der Waals surface area contributed by atoms with Crippen LogP contribution in [0.2, 0.25) is 0 Å². The second-order valence-corrected chi connectivity index (χ2v) is 7.58. The van der Waals surface area contributed by atoms with Gasteiger partial charge in [0.2, 0.25) is 0 Å². The number of hydrogen-bond donors (Lipinski definition) is 0. The standard InChI is InChI=1S/C24H23FN4O/c1-17-7-8-18(2)22(15-17)29-10-9-19(16-26)23(29)24(30)28-13-11-27(12-14-28)21-6-4-3-5-20(21)25/h3-10,15H,11-14H2,1-2H3. The molecule has 2 aromatic carbocycles. The minimum absolute atomic E-state index is 0.175. The van der Waals surface area contributed by atoms with Crippen LogP contribution in [-0.2, 0) is 0 Å². The molecule has 1 aromatic heterocycles. The highest BCUT2D eigenvalue weighted by Crippen LogP contribution is 2.25. The van der Waals surface area contributed by atoms with Crippen molar-refractivity contribution in [3.8, 4) is 11.8 Å². The van der Waals surface area contributed by atoms with E-state index in [2.05, 4.69) is 6.07 Å². The van der Waals surface area contributed by atoms with E-state index in [0.29, 0.717) is 43.1 Å². The highest BCUT2D eigenvalue weighted by atomic mass is 19.1. The highest BCUT2D eigenvalue weighted by molar-refractivity contribution is 5.96. The Morgan fingerprint density at radius 2 is 1.73 bits per heavy atom. The van der Waals surface area contributed by atoms with Gasteiger partial charge in [0.1, 0.15) is 17.6 Å². The van der Waals surface area contributed by atoms with Crippen LogP contribution in [0, 0.1) is 31.0 Å². The molecule has 1 saturated heterocycles. The number of carbonyl (C=O) groups is 1. The molecule has 6 heteroatoms. The van der Waals surface area contributed by atoms with Crippen LogP contribution in [0.15, 0.2) is 54.7 Å². The maximum Gasteiger partial charge on any atom is 0.272 e. The van der Waals surface area contributed by atoms with Crippen LogP contribution in [-0.4, -0.2) is 41.6 Å². The number of rotatable bonds is 3. The first-order valence-corrected chi connectivity index (χ1v) is 9.97. The third-order valence-electron chi connectivity index (χ3n) is 5.59. The van der Waals surface area contributed by atoms with E-state index in [4.69, 9.17) is 0 Å². The van der Waals surface area contributed by atoms with Crippen LogP contribution in [0.3, 0.4) is 0 Å². The molecule has 4 rings (SSSR count). The zero-order valence-corrected chi connectivity index (χ0v) is 17.1. The van der Waals surface area contributed by atoms with E-state index in [1.807, 2.05) is 47.6 Å². The Balaban J connectivity index is 1.60. The summed E-state index contributed by atoms with van der Waals surface area (Å²) < 4.78 is 15.9. The average molecular weight is 402 g/mol. The van der Waals surface area contributed by atoms with E-state index >= 15 is 0 Å². The number of amides is 1. The van der Waals surface area contributed by atoms with Crippen LogP contribution in [0.4, 0.5) is 10.1 Å². The molecule has 1 amide bonds. The molecule has 30 heavy (non-hydrogen) atoms. The summed E-state index contributed by atoms with van der Waals surface area (Å²) in [5.41, 5.74) is 4.30. The number of aryl methyl sites for hydroxylation is 2. The Morgan fingerprint density at radius 1 is 1.00 bits per heavy atom. The Kier molecular flexibility index (Phi) is 5.28. The van der Waals surface area contributed by atoms with E-state index in [9.17, 15) is 14.4 Å². The summed E-state index contributed by atoms with van der Waals surface area (Å²) in [6.07, 6.45) is 1.78. The Bertz CT molecular complexity index is 1140. The van der Waals surface area contributed by atoms with Crippen molar-refractivity contribution in [3.63, 3.8) is 0 Å². The van der Waals surface area contributed by atoms with E-state index in [1.165, 1.54) is 6.07 Å². The van der Waals surface area contributed by atoms with E-state index in [1.54, 1.807) is 29.3 Å². The zero-order chi connectivity index (χ0) is 21.3. The van der Waals surface area contributed by atoms with E-state index in [-0.39, 0.29) is 11.7 Å². The summed E-state index contributed by atoms with van der Waals surface area (Å²) in [5, 5.41) is 9.59. The smallest absolute Gasteiger partial charge is 0.272 e. The van der Waals surface area contributed by atoms with Crippen LogP contribution in [0.25, 0.3) is 5.69 Å². The molecule has 1 fully saturated rings. The van der Waals surface area contributed by atoms with Crippen molar-refractivity contribution in [3.05, 3.63) is 82.9 Å². The largest absolute Gasteiger partial charge is 0.366 e. The molecule has 0 N–H and O–H groups in total. The number of para-hydroxylation sites is 1. The lowest BCUT2D eigenvalue weighted by Gasteiger charge is -2.36. The number of piperazine rings is 1. The predicted octanol–water partition coefficient (Wildman–Crippen LogP) is 4.07. The van der Waals surface area contributed by atoms with Gasteiger partial charge in [0, 0.05) is 38.1 Å². The number of nitriles is 1. The third kappa shape index (κ3) is 3.55. The van der Waals surface area contributed by atoms with Crippen molar-refractivity contribution in [2.75, 3.05) is 31.1 Å². The maximum atomic E-state index is 14.1. The Hall–Kier alpha value is -3.59. The SMILES string of the molecule is Cc1ccc(C)c(-n2ccc(C#N)c2C(=O)N2CCN(c3ccccc3F)CC2)c1. The van der Waals surface area contributed by atoms with Gasteiger partial charge >= 0.3 is 0 Å². The van der Waals surface area contributed by atoms with Gasteiger partial charge in [-0.1, -0.05) is 24.3 Å². The molecule has 2 heterocycles. The number of carbonyl (C=O) groups excluding carboxylic acids is 1. The van der Waals surface area contributed by atoms with Gasteiger partial charge in [-0.25, -0.2) is 4.39 Å². The van der Waals surface area contributed by atoms with E-state index in [0.717, 1.165) is 16.8 Å². The number of hydrogen-bond acceptors (Lipinski definition) is 3. The van der Waals surface area contributed by atoms with Crippen molar-refractivity contribution < 1.29 is 9.18 Å². The Labute approximate surface area is 175 Å². The first-order chi connectivity index (χ1) is 14.5. The lowest BCUT2D eigenvalue weighted by molar-refractivity contribution is 0.0738. The number of aromatic nitrogens is 1. The number of benzene rings is 2. The fraction of sp³-hybridized carbons (Fsp3) is 0.250. The lowest BCUT2D eigenvalue weighted by atomic mass is 10.1. The number of anilines is 1. The molecule has 0 unspecified atom stereocenters. The topological polar surface area (TPSA) is 52.3 Å². The summed E-state index contributed by atoms with van der Waals surface area (Å²) in [6, 6.07) is 16.6.